The summed E-state index contributed by atoms with van der Waals surface area (Å²) in [7, 11) is -3.38. The molecule has 1 aromatic carbocycles. The highest BCUT2D eigenvalue weighted by Gasteiger charge is 2.21. The van der Waals surface area contributed by atoms with E-state index in [4.69, 9.17) is 0 Å². The van der Waals surface area contributed by atoms with Gasteiger partial charge in [0.05, 0.1) is 4.90 Å². The van der Waals surface area contributed by atoms with E-state index in [-0.39, 0.29) is 6.04 Å². The van der Waals surface area contributed by atoms with Crippen molar-refractivity contribution in [3.05, 3.63) is 29.8 Å². The van der Waals surface area contributed by atoms with Crippen molar-refractivity contribution in [2.45, 2.75) is 37.1 Å². The lowest BCUT2D eigenvalue weighted by atomic mass is 10.1. The highest BCUT2D eigenvalue weighted by atomic mass is 32.2. The van der Waals surface area contributed by atoms with Crippen LogP contribution in [0.15, 0.2) is 29.2 Å². The molecule has 0 aromatic heterocycles. The molecule has 0 amide bonds. The Hall–Kier alpha value is -0.910. The lowest BCUT2D eigenvalue weighted by Crippen LogP contribution is -2.35. The van der Waals surface area contributed by atoms with Crippen LogP contribution in [0.2, 0.25) is 0 Å². The lowest BCUT2D eigenvalue weighted by molar-refractivity contribution is 0.518. The van der Waals surface area contributed by atoms with E-state index in [1.165, 1.54) is 0 Å². The summed E-state index contributed by atoms with van der Waals surface area (Å²) in [5.74, 6) is 0. The molecule has 1 heterocycles. The van der Waals surface area contributed by atoms with Gasteiger partial charge in [-0.05, 0) is 50.9 Å². The molecule has 100 valence electrons. The SMILES string of the molecule is Cc1ccccc1S(=O)(=O)NC1CCCNCC1. The molecular formula is C13H20N2O2S. The maximum atomic E-state index is 12.3. The Labute approximate surface area is 109 Å². The van der Waals surface area contributed by atoms with Crippen LogP contribution in [-0.2, 0) is 10.0 Å². The minimum absolute atomic E-state index is 0.0459. The number of hydrogen-bond acceptors (Lipinski definition) is 3. The predicted molar refractivity (Wildman–Crippen MR) is 72.0 cm³/mol. The average Bonchev–Trinajstić information content (AvgIpc) is 2.57. The van der Waals surface area contributed by atoms with Crippen molar-refractivity contribution in [2.24, 2.45) is 0 Å². The minimum Gasteiger partial charge on any atom is -0.317 e. The van der Waals surface area contributed by atoms with Gasteiger partial charge >= 0.3 is 0 Å². The molecule has 1 aliphatic rings. The third-order valence-corrected chi connectivity index (χ3v) is 4.96. The van der Waals surface area contributed by atoms with Gasteiger partial charge in [0.25, 0.3) is 0 Å². The number of benzene rings is 1. The molecular weight excluding hydrogens is 248 g/mol. The summed E-state index contributed by atoms with van der Waals surface area (Å²) in [6.07, 6.45) is 2.77. The molecule has 18 heavy (non-hydrogen) atoms. The Morgan fingerprint density at radius 2 is 2.00 bits per heavy atom. The van der Waals surface area contributed by atoms with Crippen LogP contribution in [0, 0.1) is 6.92 Å². The van der Waals surface area contributed by atoms with Crippen LogP contribution in [0.4, 0.5) is 0 Å². The quantitative estimate of drug-likeness (QED) is 0.871. The van der Waals surface area contributed by atoms with Crippen molar-refractivity contribution in [1.29, 1.82) is 0 Å². The van der Waals surface area contributed by atoms with E-state index >= 15 is 0 Å². The summed E-state index contributed by atoms with van der Waals surface area (Å²) in [6, 6.07) is 7.14. The van der Waals surface area contributed by atoms with Gasteiger partial charge in [0.15, 0.2) is 0 Å². The van der Waals surface area contributed by atoms with Gasteiger partial charge in [-0.25, -0.2) is 13.1 Å². The molecule has 0 bridgehead atoms. The van der Waals surface area contributed by atoms with Crippen LogP contribution in [0.3, 0.4) is 0 Å². The van der Waals surface area contributed by atoms with Crippen molar-refractivity contribution in [2.75, 3.05) is 13.1 Å². The monoisotopic (exact) mass is 268 g/mol. The molecule has 1 saturated heterocycles. The molecule has 1 atom stereocenters. The van der Waals surface area contributed by atoms with Crippen LogP contribution in [0.1, 0.15) is 24.8 Å². The fourth-order valence-electron chi connectivity index (χ4n) is 2.28. The fraction of sp³-hybridized carbons (Fsp3) is 0.538. The highest BCUT2D eigenvalue weighted by molar-refractivity contribution is 7.89. The minimum atomic E-state index is -3.38. The van der Waals surface area contributed by atoms with Gasteiger partial charge in [0.1, 0.15) is 0 Å². The molecule has 1 unspecified atom stereocenters. The summed E-state index contributed by atoms with van der Waals surface area (Å²) in [5.41, 5.74) is 0.789. The fourth-order valence-corrected chi connectivity index (χ4v) is 3.83. The Kier molecular flexibility index (Phi) is 4.37. The van der Waals surface area contributed by atoms with Gasteiger partial charge in [-0.1, -0.05) is 18.2 Å². The van der Waals surface area contributed by atoms with Gasteiger partial charge in [-0.15, -0.1) is 0 Å². The van der Waals surface area contributed by atoms with Crippen molar-refractivity contribution in [3.63, 3.8) is 0 Å². The Balaban J connectivity index is 2.14. The first kappa shape index (κ1) is 13.5. The first-order chi connectivity index (χ1) is 8.59. The molecule has 0 spiro atoms. The van der Waals surface area contributed by atoms with Crippen molar-refractivity contribution in [3.8, 4) is 0 Å². The van der Waals surface area contributed by atoms with Gasteiger partial charge in [-0.2, -0.15) is 0 Å². The number of nitrogens with one attached hydrogen (secondary N) is 2. The number of sulfonamides is 1. The maximum absolute atomic E-state index is 12.3. The number of aryl methyl sites for hydroxylation is 1. The number of rotatable bonds is 3. The van der Waals surface area contributed by atoms with Crippen molar-refractivity contribution >= 4 is 10.0 Å². The second kappa shape index (κ2) is 5.82. The molecule has 1 aromatic rings. The van der Waals surface area contributed by atoms with Gasteiger partial charge < -0.3 is 5.32 Å². The second-order valence-corrected chi connectivity index (χ2v) is 6.45. The van der Waals surface area contributed by atoms with Crippen LogP contribution >= 0.6 is 0 Å². The van der Waals surface area contributed by atoms with E-state index < -0.39 is 10.0 Å². The van der Waals surface area contributed by atoms with Crippen molar-refractivity contribution in [1.82, 2.24) is 10.0 Å². The van der Waals surface area contributed by atoms with Crippen LogP contribution in [-0.4, -0.2) is 27.5 Å². The van der Waals surface area contributed by atoms with Gasteiger partial charge in [-0.3, -0.25) is 0 Å². The summed E-state index contributed by atoms with van der Waals surface area (Å²) < 4.78 is 27.4. The van der Waals surface area contributed by atoms with E-state index in [1.807, 2.05) is 19.1 Å². The second-order valence-electron chi connectivity index (χ2n) is 4.76. The maximum Gasteiger partial charge on any atom is 0.241 e. The van der Waals surface area contributed by atoms with E-state index in [2.05, 4.69) is 10.0 Å². The smallest absolute Gasteiger partial charge is 0.241 e. The predicted octanol–water partition coefficient (Wildman–Crippen LogP) is 1.42. The lowest BCUT2D eigenvalue weighted by Gasteiger charge is -2.17. The highest BCUT2D eigenvalue weighted by Crippen LogP contribution is 2.16. The van der Waals surface area contributed by atoms with Crippen LogP contribution < -0.4 is 10.0 Å². The molecule has 2 rings (SSSR count). The molecule has 4 nitrogen and oxygen atoms in total. The zero-order valence-corrected chi connectivity index (χ0v) is 11.5. The summed E-state index contributed by atoms with van der Waals surface area (Å²) in [6.45, 7) is 3.67. The standard InChI is InChI=1S/C13H20N2O2S/c1-11-5-2-3-7-13(11)18(16,17)15-12-6-4-9-14-10-8-12/h2-3,5,7,12,14-15H,4,6,8-10H2,1H3. The topological polar surface area (TPSA) is 58.2 Å². The molecule has 0 aliphatic carbocycles. The Morgan fingerprint density at radius 3 is 2.78 bits per heavy atom. The van der Waals surface area contributed by atoms with E-state index in [9.17, 15) is 8.42 Å². The molecule has 0 saturated carbocycles. The molecule has 0 radical (unpaired) electrons. The van der Waals surface area contributed by atoms with Crippen LogP contribution in [0.5, 0.6) is 0 Å². The molecule has 1 fully saturated rings. The normalized spacial score (nSPS) is 21.5. The van der Waals surface area contributed by atoms with Crippen molar-refractivity contribution < 1.29 is 8.42 Å². The summed E-state index contributed by atoms with van der Waals surface area (Å²) in [5, 5.41) is 3.28. The Morgan fingerprint density at radius 1 is 1.22 bits per heavy atom. The van der Waals surface area contributed by atoms with E-state index in [0.29, 0.717) is 4.90 Å². The van der Waals surface area contributed by atoms with Gasteiger partial charge in [0, 0.05) is 6.04 Å². The van der Waals surface area contributed by atoms with E-state index in [0.717, 1.165) is 37.9 Å². The van der Waals surface area contributed by atoms with E-state index in [1.54, 1.807) is 12.1 Å². The zero-order valence-electron chi connectivity index (χ0n) is 10.6. The van der Waals surface area contributed by atoms with Crippen LogP contribution in [0.25, 0.3) is 0 Å². The number of hydrogen-bond donors (Lipinski definition) is 2. The molecule has 1 aliphatic heterocycles. The molecule has 2 N–H and O–H groups in total. The average molecular weight is 268 g/mol. The summed E-state index contributed by atoms with van der Waals surface area (Å²) >= 11 is 0. The largest absolute Gasteiger partial charge is 0.317 e. The third kappa shape index (κ3) is 3.31. The van der Waals surface area contributed by atoms with Gasteiger partial charge in [0.2, 0.25) is 10.0 Å². The molecule has 5 heteroatoms. The zero-order chi connectivity index (χ0) is 13.0. The first-order valence-corrected chi connectivity index (χ1v) is 7.86. The Bertz CT molecular complexity index is 491. The first-order valence-electron chi connectivity index (χ1n) is 6.38. The third-order valence-electron chi connectivity index (χ3n) is 3.28. The summed E-state index contributed by atoms with van der Waals surface area (Å²) in [4.78, 5) is 0.391.